The zero-order valence-electron chi connectivity index (χ0n) is 20.4. The summed E-state index contributed by atoms with van der Waals surface area (Å²) in [5, 5.41) is 0. The lowest BCUT2D eigenvalue weighted by Gasteiger charge is -2.44. The Hall–Kier alpha value is -3.47. The highest BCUT2D eigenvalue weighted by Crippen LogP contribution is 2.30. The fourth-order valence-corrected chi connectivity index (χ4v) is 3.67. The number of carbonyl (C=O) groups excluding carboxylic acids is 3. The van der Waals surface area contributed by atoms with E-state index in [0.717, 1.165) is 11.1 Å². The molecule has 0 spiro atoms. The van der Waals surface area contributed by atoms with Gasteiger partial charge in [0.25, 0.3) is 0 Å². The summed E-state index contributed by atoms with van der Waals surface area (Å²) >= 11 is 0. The molecule has 0 unspecified atom stereocenters. The Balaban J connectivity index is 1.83. The summed E-state index contributed by atoms with van der Waals surface area (Å²) in [5.74, 6) is -1.21. The van der Waals surface area contributed by atoms with E-state index in [4.69, 9.17) is 33.2 Å². The van der Waals surface area contributed by atoms with Crippen LogP contribution in [-0.2, 0) is 56.0 Å². The third kappa shape index (κ3) is 8.04. The van der Waals surface area contributed by atoms with E-state index in [9.17, 15) is 14.4 Å². The Morgan fingerprint density at radius 3 is 1.92 bits per heavy atom. The second-order valence-electron chi connectivity index (χ2n) is 8.02. The second-order valence-corrected chi connectivity index (χ2v) is 8.02. The van der Waals surface area contributed by atoms with E-state index in [1.54, 1.807) is 12.1 Å². The van der Waals surface area contributed by atoms with Crippen molar-refractivity contribution in [2.45, 2.75) is 57.8 Å². The van der Waals surface area contributed by atoms with E-state index in [1.165, 1.54) is 21.0 Å². The van der Waals surface area contributed by atoms with E-state index in [2.05, 4.69) is 0 Å². The molecule has 0 saturated carbocycles. The van der Waals surface area contributed by atoms with Gasteiger partial charge < -0.3 is 33.2 Å². The zero-order valence-corrected chi connectivity index (χ0v) is 20.4. The lowest BCUT2D eigenvalue weighted by atomic mass is 9.98. The molecule has 0 aliphatic carbocycles. The van der Waals surface area contributed by atoms with Crippen LogP contribution < -0.4 is 0 Å². The fourth-order valence-electron chi connectivity index (χ4n) is 3.67. The van der Waals surface area contributed by atoms with Crippen LogP contribution in [0.15, 0.2) is 60.7 Å². The molecule has 0 N–H and O–H groups in total. The molecular weight excluding hydrogens is 472 g/mol. The number of benzene rings is 2. The normalized spacial score (nSPS) is 23.4. The summed E-state index contributed by atoms with van der Waals surface area (Å²) < 4.78 is 38.9. The number of ether oxygens (including phenoxy) is 7. The topological polar surface area (TPSA) is 116 Å². The number of methoxy groups -OCH3 is 1. The Bertz CT molecular complexity index is 981. The SMILES string of the molecule is CO[C@H]1O[C@H](COC(C)=O)[C@@H](OC(C)=O)[C@H](OC(=O)OCc2ccccc2)[C@H]1OCc1ccccc1. The van der Waals surface area contributed by atoms with Crippen molar-refractivity contribution in [1.82, 2.24) is 0 Å². The summed E-state index contributed by atoms with van der Waals surface area (Å²) in [6.07, 6.45) is -6.40. The Labute approximate surface area is 209 Å². The van der Waals surface area contributed by atoms with Crippen molar-refractivity contribution < 1.29 is 47.5 Å². The number of carbonyl (C=O) groups is 3. The van der Waals surface area contributed by atoms with E-state index in [1.807, 2.05) is 48.5 Å². The van der Waals surface area contributed by atoms with Gasteiger partial charge in [-0.05, 0) is 11.1 Å². The lowest BCUT2D eigenvalue weighted by Crippen LogP contribution is -2.62. The van der Waals surface area contributed by atoms with Crippen LogP contribution in [0.4, 0.5) is 4.79 Å². The van der Waals surface area contributed by atoms with E-state index in [0.29, 0.717) is 0 Å². The van der Waals surface area contributed by atoms with Crippen molar-refractivity contribution >= 4 is 18.1 Å². The Morgan fingerprint density at radius 1 is 0.750 bits per heavy atom. The molecule has 5 atom stereocenters. The summed E-state index contributed by atoms with van der Waals surface area (Å²) in [6, 6.07) is 18.4. The quantitative estimate of drug-likeness (QED) is 0.354. The molecule has 2 aromatic carbocycles. The predicted octanol–water partition coefficient (Wildman–Crippen LogP) is 3.16. The molecule has 36 heavy (non-hydrogen) atoms. The van der Waals surface area contributed by atoms with Gasteiger partial charge in [-0.2, -0.15) is 0 Å². The van der Waals surface area contributed by atoms with Crippen molar-refractivity contribution in [3.05, 3.63) is 71.8 Å². The maximum Gasteiger partial charge on any atom is 0.509 e. The molecule has 1 fully saturated rings. The van der Waals surface area contributed by atoms with Crippen molar-refractivity contribution in [2.75, 3.05) is 13.7 Å². The molecule has 10 heteroatoms. The van der Waals surface area contributed by atoms with Crippen LogP contribution in [0, 0.1) is 0 Å². The average Bonchev–Trinajstić information content (AvgIpc) is 2.87. The summed E-state index contributed by atoms with van der Waals surface area (Å²) in [5.41, 5.74) is 1.61. The minimum absolute atomic E-state index is 0.0265. The van der Waals surface area contributed by atoms with Gasteiger partial charge in [0, 0.05) is 21.0 Å². The van der Waals surface area contributed by atoms with Gasteiger partial charge in [0.05, 0.1) is 6.61 Å². The zero-order chi connectivity index (χ0) is 25.9. The minimum Gasteiger partial charge on any atom is -0.463 e. The molecule has 10 nitrogen and oxygen atoms in total. The van der Waals surface area contributed by atoms with Gasteiger partial charge >= 0.3 is 18.1 Å². The van der Waals surface area contributed by atoms with Crippen LogP contribution in [0.1, 0.15) is 25.0 Å². The first-order valence-electron chi connectivity index (χ1n) is 11.4. The van der Waals surface area contributed by atoms with E-state index in [-0.39, 0.29) is 19.8 Å². The van der Waals surface area contributed by atoms with Gasteiger partial charge in [-0.3, -0.25) is 9.59 Å². The van der Waals surface area contributed by atoms with Gasteiger partial charge in [-0.1, -0.05) is 60.7 Å². The molecule has 0 aromatic heterocycles. The molecule has 1 heterocycles. The Kier molecular flexibility index (Phi) is 10.2. The first-order chi connectivity index (χ1) is 17.4. The third-order valence-corrected chi connectivity index (χ3v) is 5.29. The van der Waals surface area contributed by atoms with Gasteiger partial charge in [-0.25, -0.2) is 4.79 Å². The monoisotopic (exact) mass is 502 g/mol. The van der Waals surface area contributed by atoms with E-state index >= 15 is 0 Å². The van der Waals surface area contributed by atoms with Crippen LogP contribution in [0.5, 0.6) is 0 Å². The number of rotatable bonds is 10. The maximum atomic E-state index is 12.7. The molecule has 194 valence electrons. The second kappa shape index (κ2) is 13.6. The standard InChI is InChI=1S/C26H30O10/c1-17(27)31-16-21-22(34-18(2)28)23(36-26(29)33-15-20-12-8-5-9-13-20)24(25(30-3)35-21)32-14-19-10-6-4-7-11-19/h4-13,21-25H,14-16H2,1-3H3/t21-,22-,23+,24-,25+/m1/s1. The molecular formula is C26H30O10. The number of hydrogen-bond acceptors (Lipinski definition) is 10. The van der Waals surface area contributed by atoms with Gasteiger partial charge in [0.2, 0.25) is 0 Å². The van der Waals surface area contributed by atoms with E-state index < -0.39 is 48.8 Å². The highest BCUT2D eigenvalue weighted by atomic mass is 16.8. The highest BCUT2D eigenvalue weighted by molar-refractivity contribution is 5.67. The smallest absolute Gasteiger partial charge is 0.463 e. The predicted molar refractivity (Wildman–Crippen MR) is 124 cm³/mol. The first-order valence-corrected chi connectivity index (χ1v) is 11.4. The lowest BCUT2D eigenvalue weighted by molar-refractivity contribution is -0.308. The molecule has 0 amide bonds. The van der Waals surface area contributed by atoms with Crippen LogP contribution in [0.3, 0.4) is 0 Å². The van der Waals surface area contributed by atoms with Crippen molar-refractivity contribution in [3.63, 3.8) is 0 Å². The molecule has 3 rings (SSSR count). The fraction of sp³-hybridized carbons (Fsp3) is 0.423. The highest BCUT2D eigenvalue weighted by Gasteiger charge is 2.52. The molecule has 1 aliphatic heterocycles. The number of hydrogen-bond donors (Lipinski definition) is 0. The summed E-state index contributed by atoms with van der Waals surface area (Å²) in [6.45, 7) is 2.28. The molecule has 0 radical (unpaired) electrons. The first kappa shape index (κ1) is 27.1. The summed E-state index contributed by atoms with van der Waals surface area (Å²) in [7, 11) is 1.39. The number of esters is 2. The van der Waals surface area contributed by atoms with Crippen LogP contribution >= 0.6 is 0 Å². The maximum absolute atomic E-state index is 12.7. The van der Waals surface area contributed by atoms with Crippen molar-refractivity contribution in [2.24, 2.45) is 0 Å². The van der Waals surface area contributed by atoms with Crippen LogP contribution in [0.25, 0.3) is 0 Å². The minimum atomic E-state index is -1.19. The average molecular weight is 503 g/mol. The molecule has 1 saturated heterocycles. The van der Waals surface area contributed by atoms with Crippen molar-refractivity contribution in [3.8, 4) is 0 Å². The van der Waals surface area contributed by atoms with Crippen LogP contribution in [0.2, 0.25) is 0 Å². The van der Waals surface area contributed by atoms with Crippen LogP contribution in [-0.4, -0.2) is 62.5 Å². The molecule has 2 aromatic rings. The third-order valence-electron chi connectivity index (χ3n) is 5.29. The Morgan fingerprint density at radius 2 is 1.36 bits per heavy atom. The molecule has 1 aliphatic rings. The van der Waals surface area contributed by atoms with Gasteiger partial charge in [-0.15, -0.1) is 0 Å². The van der Waals surface area contributed by atoms with Crippen molar-refractivity contribution in [1.29, 1.82) is 0 Å². The largest absolute Gasteiger partial charge is 0.509 e. The molecule has 0 bridgehead atoms. The van der Waals surface area contributed by atoms with Gasteiger partial charge in [0.15, 0.2) is 18.5 Å². The van der Waals surface area contributed by atoms with Gasteiger partial charge in [0.1, 0.15) is 25.4 Å². The summed E-state index contributed by atoms with van der Waals surface area (Å²) in [4.78, 5) is 36.1.